The minimum atomic E-state index is -3.98. The van der Waals surface area contributed by atoms with Gasteiger partial charge < -0.3 is 9.47 Å². The summed E-state index contributed by atoms with van der Waals surface area (Å²) in [5.74, 6) is -1.43. The number of esters is 2. The molecule has 1 aromatic rings. The van der Waals surface area contributed by atoms with Gasteiger partial charge in [-0.2, -0.15) is 4.72 Å². The average molecular weight is 400 g/mol. The molecule has 0 aliphatic heterocycles. The van der Waals surface area contributed by atoms with Gasteiger partial charge in [0.05, 0.1) is 24.5 Å². The van der Waals surface area contributed by atoms with Crippen molar-refractivity contribution in [2.24, 2.45) is 0 Å². The van der Waals surface area contributed by atoms with Crippen LogP contribution in [-0.4, -0.2) is 39.6 Å². The lowest BCUT2D eigenvalue weighted by Crippen LogP contribution is -2.43. The highest BCUT2D eigenvalue weighted by Crippen LogP contribution is 2.12. The highest BCUT2D eigenvalue weighted by molar-refractivity contribution is 7.89. The van der Waals surface area contributed by atoms with Crippen LogP contribution in [0.25, 0.3) is 0 Å². The van der Waals surface area contributed by atoms with E-state index in [1.807, 2.05) is 20.8 Å². The van der Waals surface area contributed by atoms with Gasteiger partial charge in [0.25, 0.3) is 0 Å². The van der Waals surface area contributed by atoms with Crippen LogP contribution in [0.2, 0.25) is 0 Å². The van der Waals surface area contributed by atoms with E-state index < -0.39 is 34.4 Å². The lowest BCUT2D eigenvalue weighted by Gasteiger charge is -2.17. The Bertz CT molecular complexity index is 699. The van der Waals surface area contributed by atoms with Crippen molar-refractivity contribution in [3.63, 3.8) is 0 Å². The number of unbranched alkanes of at least 4 members (excludes halogenated alkanes) is 2. The number of hydrogen-bond acceptors (Lipinski definition) is 6. The minimum Gasteiger partial charge on any atom is -0.466 e. The Morgan fingerprint density at radius 2 is 1.56 bits per heavy atom. The zero-order chi connectivity index (χ0) is 20.3. The topological polar surface area (TPSA) is 98.8 Å². The quantitative estimate of drug-likeness (QED) is 0.429. The summed E-state index contributed by atoms with van der Waals surface area (Å²) in [5.41, 5.74) is 0.906. The molecule has 1 N–H and O–H groups in total. The number of rotatable bonds is 12. The number of ether oxygens (including phenoxy) is 2. The molecule has 0 saturated carbocycles. The Morgan fingerprint density at radius 3 is 2.11 bits per heavy atom. The van der Waals surface area contributed by atoms with Crippen molar-refractivity contribution < 1.29 is 27.5 Å². The largest absolute Gasteiger partial charge is 0.466 e. The predicted molar refractivity (Wildman–Crippen MR) is 102 cm³/mol. The number of aryl methyl sites for hydroxylation is 1. The molecular formula is C19H29NO6S. The molecule has 0 aliphatic rings. The summed E-state index contributed by atoms with van der Waals surface area (Å²) in [4.78, 5) is 24.3. The lowest BCUT2D eigenvalue weighted by molar-refractivity contribution is -0.152. The number of carbonyl (C=O) groups excluding carboxylic acids is 2. The summed E-state index contributed by atoms with van der Waals surface area (Å²) in [6.45, 7) is 6.14. The zero-order valence-corrected chi connectivity index (χ0v) is 17.0. The summed E-state index contributed by atoms with van der Waals surface area (Å²) in [5, 5.41) is 0. The minimum absolute atomic E-state index is 0.0128. The molecular weight excluding hydrogens is 370 g/mol. The van der Waals surface area contributed by atoms with Gasteiger partial charge in [-0.1, -0.05) is 44.4 Å². The molecule has 1 aromatic carbocycles. The Hall–Kier alpha value is -1.93. The van der Waals surface area contributed by atoms with Crippen molar-refractivity contribution in [2.75, 3.05) is 13.2 Å². The highest BCUT2D eigenvalue weighted by Gasteiger charge is 2.29. The third kappa shape index (κ3) is 8.53. The molecule has 0 aliphatic carbocycles. The van der Waals surface area contributed by atoms with E-state index in [1.54, 1.807) is 12.1 Å². The molecule has 0 amide bonds. The fourth-order valence-electron chi connectivity index (χ4n) is 2.12. The predicted octanol–water partition coefficient (Wildman–Crippen LogP) is 2.72. The molecule has 0 unspecified atom stereocenters. The van der Waals surface area contributed by atoms with Crippen LogP contribution in [0.15, 0.2) is 29.2 Å². The van der Waals surface area contributed by atoms with Crippen LogP contribution in [0.3, 0.4) is 0 Å². The number of hydrogen-bond donors (Lipinski definition) is 1. The van der Waals surface area contributed by atoms with Crippen LogP contribution >= 0.6 is 0 Å². The molecule has 0 radical (unpaired) electrons. The van der Waals surface area contributed by atoms with Crippen molar-refractivity contribution >= 4 is 22.0 Å². The van der Waals surface area contributed by atoms with Gasteiger partial charge >= 0.3 is 11.9 Å². The average Bonchev–Trinajstić information content (AvgIpc) is 2.61. The number of benzene rings is 1. The number of nitrogens with one attached hydrogen (secondary N) is 1. The van der Waals surface area contributed by atoms with Gasteiger partial charge in [0.2, 0.25) is 10.0 Å². The van der Waals surface area contributed by atoms with E-state index in [0.717, 1.165) is 18.4 Å². The van der Waals surface area contributed by atoms with Gasteiger partial charge in [0.1, 0.15) is 6.04 Å². The number of sulfonamides is 1. The molecule has 7 nitrogen and oxygen atoms in total. The summed E-state index contributed by atoms with van der Waals surface area (Å²) in [6.07, 6.45) is 2.62. The van der Waals surface area contributed by atoms with E-state index in [2.05, 4.69) is 4.72 Å². The molecule has 8 heteroatoms. The van der Waals surface area contributed by atoms with Gasteiger partial charge in [0, 0.05) is 0 Å². The lowest BCUT2D eigenvalue weighted by atomic mass is 10.2. The van der Waals surface area contributed by atoms with Crippen LogP contribution in [0.5, 0.6) is 0 Å². The van der Waals surface area contributed by atoms with Crippen LogP contribution in [0.1, 0.15) is 51.5 Å². The second kappa shape index (κ2) is 11.7. The molecule has 152 valence electrons. The smallest absolute Gasteiger partial charge is 0.324 e. The van der Waals surface area contributed by atoms with Crippen molar-refractivity contribution in [1.29, 1.82) is 0 Å². The SMILES string of the molecule is CCCCOC(=O)C[C@@H](NS(=O)(=O)c1ccc(C)cc1)C(=O)OCCCC. The van der Waals surface area contributed by atoms with E-state index in [0.29, 0.717) is 12.8 Å². The fourth-order valence-corrected chi connectivity index (χ4v) is 3.30. The highest BCUT2D eigenvalue weighted by atomic mass is 32.2. The third-order valence-corrected chi connectivity index (χ3v) is 5.27. The van der Waals surface area contributed by atoms with E-state index in [9.17, 15) is 18.0 Å². The molecule has 27 heavy (non-hydrogen) atoms. The zero-order valence-electron chi connectivity index (χ0n) is 16.2. The third-order valence-electron chi connectivity index (χ3n) is 3.79. The van der Waals surface area contributed by atoms with Gasteiger partial charge in [-0.15, -0.1) is 0 Å². The van der Waals surface area contributed by atoms with E-state index in [-0.39, 0.29) is 18.1 Å². The maximum Gasteiger partial charge on any atom is 0.324 e. The van der Waals surface area contributed by atoms with Crippen LogP contribution in [0, 0.1) is 6.92 Å². The van der Waals surface area contributed by atoms with E-state index >= 15 is 0 Å². The standard InChI is InChI=1S/C19H29NO6S/c1-4-6-12-25-18(21)14-17(19(22)26-13-7-5-2)20-27(23,24)16-10-8-15(3)9-11-16/h8-11,17,20H,4-7,12-14H2,1-3H3/t17-/m1/s1. The van der Waals surface area contributed by atoms with E-state index in [4.69, 9.17) is 9.47 Å². The summed E-state index contributed by atoms with van der Waals surface area (Å²) in [7, 11) is -3.98. The first-order valence-corrected chi connectivity index (χ1v) is 10.7. The molecule has 0 bridgehead atoms. The molecule has 0 spiro atoms. The maximum absolute atomic E-state index is 12.6. The molecule has 1 rings (SSSR count). The monoisotopic (exact) mass is 399 g/mol. The van der Waals surface area contributed by atoms with Crippen molar-refractivity contribution in [3.05, 3.63) is 29.8 Å². The first-order chi connectivity index (χ1) is 12.8. The van der Waals surface area contributed by atoms with Crippen molar-refractivity contribution in [3.8, 4) is 0 Å². The van der Waals surface area contributed by atoms with Crippen molar-refractivity contribution in [2.45, 2.75) is 63.8 Å². The second-order valence-corrected chi connectivity index (χ2v) is 8.00. The summed E-state index contributed by atoms with van der Waals surface area (Å²) in [6, 6.07) is 4.86. The number of carbonyl (C=O) groups is 2. The van der Waals surface area contributed by atoms with Gasteiger partial charge in [-0.3, -0.25) is 9.59 Å². The van der Waals surface area contributed by atoms with Gasteiger partial charge in [-0.05, 0) is 31.9 Å². The normalized spacial score (nSPS) is 12.4. The van der Waals surface area contributed by atoms with Gasteiger partial charge in [-0.25, -0.2) is 8.42 Å². The molecule has 1 atom stereocenters. The van der Waals surface area contributed by atoms with Crippen LogP contribution in [0.4, 0.5) is 0 Å². The first kappa shape index (κ1) is 23.1. The maximum atomic E-state index is 12.6. The molecule has 0 fully saturated rings. The second-order valence-electron chi connectivity index (χ2n) is 6.29. The Morgan fingerprint density at radius 1 is 1.00 bits per heavy atom. The summed E-state index contributed by atoms with van der Waals surface area (Å²) >= 11 is 0. The fraction of sp³-hybridized carbons (Fsp3) is 0.579. The Labute approximate surface area is 161 Å². The molecule has 0 aromatic heterocycles. The Kier molecular flexibility index (Phi) is 10.0. The Balaban J connectivity index is 2.86. The van der Waals surface area contributed by atoms with Gasteiger partial charge in [0.15, 0.2) is 0 Å². The van der Waals surface area contributed by atoms with Crippen LogP contribution in [-0.2, 0) is 29.1 Å². The summed E-state index contributed by atoms with van der Waals surface area (Å²) < 4.78 is 37.5. The molecule has 0 saturated heterocycles. The van der Waals surface area contributed by atoms with Crippen molar-refractivity contribution in [1.82, 2.24) is 4.72 Å². The first-order valence-electron chi connectivity index (χ1n) is 9.21. The van der Waals surface area contributed by atoms with Crippen LogP contribution < -0.4 is 4.72 Å². The van der Waals surface area contributed by atoms with E-state index in [1.165, 1.54) is 12.1 Å². The molecule has 0 heterocycles.